The number of sulfonamides is 1. The third-order valence-corrected chi connectivity index (χ3v) is 8.23. The zero-order valence-corrected chi connectivity index (χ0v) is 23.2. The highest BCUT2D eigenvalue weighted by Crippen LogP contribution is 2.25. The molecular formula is C30H37N3O4S. The van der Waals surface area contributed by atoms with Crippen molar-refractivity contribution in [2.24, 2.45) is 0 Å². The Morgan fingerprint density at radius 1 is 0.842 bits per heavy atom. The number of nitrogens with one attached hydrogen (secondary N) is 1. The SMILES string of the molecule is CCCNC(=O)[C@H](C)N(CCc1ccccc1)C(=O)CN(c1ccc(CC)cc1)S(=O)(=O)c1ccccc1. The van der Waals surface area contributed by atoms with Crippen molar-refractivity contribution in [3.05, 3.63) is 96.1 Å². The molecule has 3 rings (SSSR count). The molecule has 7 nitrogen and oxygen atoms in total. The van der Waals surface area contributed by atoms with E-state index in [1.165, 1.54) is 17.0 Å². The first-order valence-corrected chi connectivity index (χ1v) is 14.5. The van der Waals surface area contributed by atoms with Gasteiger partial charge in [0.25, 0.3) is 10.0 Å². The lowest BCUT2D eigenvalue weighted by Crippen LogP contribution is -2.52. The third-order valence-electron chi connectivity index (χ3n) is 6.44. The molecule has 0 heterocycles. The average molecular weight is 536 g/mol. The smallest absolute Gasteiger partial charge is 0.264 e. The van der Waals surface area contributed by atoms with Gasteiger partial charge in [0.15, 0.2) is 0 Å². The normalized spacial score (nSPS) is 12.0. The molecule has 0 aliphatic heterocycles. The van der Waals surface area contributed by atoms with E-state index >= 15 is 0 Å². The van der Waals surface area contributed by atoms with Gasteiger partial charge < -0.3 is 10.2 Å². The van der Waals surface area contributed by atoms with E-state index in [1.54, 1.807) is 37.3 Å². The van der Waals surface area contributed by atoms with Gasteiger partial charge in [-0.15, -0.1) is 0 Å². The summed E-state index contributed by atoms with van der Waals surface area (Å²) in [6, 6.07) is 24.2. The molecule has 1 N–H and O–H groups in total. The summed E-state index contributed by atoms with van der Waals surface area (Å²) in [6.45, 7) is 6.01. The number of hydrogen-bond acceptors (Lipinski definition) is 4. The molecule has 0 radical (unpaired) electrons. The first-order chi connectivity index (χ1) is 18.3. The molecule has 0 aliphatic rings. The third kappa shape index (κ3) is 7.44. The minimum Gasteiger partial charge on any atom is -0.354 e. The number of anilines is 1. The fourth-order valence-corrected chi connectivity index (χ4v) is 5.55. The Morgan fingerprint density at radius 2 is 1.45 bits per heavy atom. The molecule has 2 amide bonds. The highest BCUT2D eigenvalue weighted by atomic mass is 32.2. The van der Waals surface area contributed by atoms with Gasteiger partial charge >= 0.3 is 0 Å². The van der Waals surface area contributed by atoms with Crippen molar-refractivity contribution < 1.29 is 18.0 Å². The van der Waals surface area contributed by atoms with Crippen molar-refractivity contribution in [3.8, 4) is 0 Å². The minimum atomic E-state index is -4.04. The van der Waals surface area contributed by atoms with Gasteiger partial charge in [-0.3, -0.25) is 13.9 Å². The largest absolute Gasteiger partial charge is 0.354 e. The number of amides is 2. The lowest BCUT2D eigenvalue weighted by molar-refractivity contribution is -0.138. The van der Waals surface area contributed by atoms with Gasteiger partial charge in [0.05, 0.1) is 10.6 Å². The van der Waals surface area contributed by atoms with Crippen LogP contribution in [-0.4, -0.2) is 50.8 Å². The number of rotatable bonds is 13. The summed E-state index contributed by atoms with van der Waals surface area (Å²) in [6.07, 6.45) is 2.12. The van der Waals surface area contributed by atoms with E-state index in [9.17, 15) is 18.0 Å². The Balaban J connectivity index is 1.95. The number of nitrogens with zero attached hydrogens (tertiary/aromatic N) is 2. The van der Waals surface area contributed by atoms with Crippen molar-refractivity contribution >= 4 is 27.5 Å². The van der Waals surface area contributed by atoms with E-state index in [0.29, 0.717) is 18.7 Å². The molecule has 0 aromatic heterocycles. The monoisotopic (exact) mass is 535 g/mol. The maximum absolute atomic E-state index is 13.8. The lowest BCUT2D eigenvalue weighted by atomic mass is 10.1. The van der Waals surface area contributed by atoms with Crippen molar-refractivity contribution in [2.75, 3.05) is 23.9 Å². The van der Waals surface area contributed by atoms with Crippen LogP contribution in [0.1, 0.15) is 38.3 Å². The molecular weight excluding hydrogens is 498 g/mol. The molecule has 0 saturated carbocycles. The second-order valence-corrected chi connectivity index (χ2v) is 11.0. The molecule has 3 aromatic rings. The van der Waals surface area contributed by atoms with E-state index in [0.717, 1.165) is 28.3 Å². The van der Waals surface area contributed by atoms with Crippen molar-refractivity contribution in [2.45, 2.75) is 51.0 Å². The van der Waals surface area contributed by atoms with Crippen LogP contribution in [0.3, 0.4) is 0 Å². The van der Waals surface area contributed by atoms with Crippen LogP contribution < -0.4 is 9.62 Å². The van der Waals surface area contributed by atoms with Gasteiger partial charge in [0, 0.05) is 13.1 Å². The summed E-state index contributed by atoms with van der Waals surface area (Å²) in [4.78, 5) is 28.2. The topological polar surface area (TPSA) is 86.8 Å². The highest BCUT2D eigenvalue weighted by Gasteiger charge is 2.32. The van der Waals surface area contributed by atoms with E-state index in [4.69, 9.17) is 0 Å². The Bertz CT molecular complexity index is 1280. The molecule has 0 saturated heterocycles. The van der Waals surface area contributed by atoms with Crippen molar-refractivity contribution in [1.29, 1.82) is 0 Å². The molecule has 3 aromatic carbocycles. The van der Waals surface area contributed by atoms with Gasteiger partial charge in [-0.05, 0) is 61.6 Å². The molecule has 0 bridgehead atoms. The second-order valence-electron chi connectivity index (χ2n) is 9.13. The van der Waals surface area contributed by atoms with E-state index in [-0.39, 0.29) is 17.3 Å². The predicted molar refractivity (Wildman–Crippen MR) is 151 cm³/mol. The fraction of sp³-hybridized carbons (Fsp3) is 0.333. The summed E-state index contributed by atoms with van der Waals surface area (Å²) in [5, 5.41) is 2.85. The van der Waals surface area contributed by atoms with Crippen LogP contribution in [0.4, 0.5) is 5.69 Å². The van der Waals surface area contributed by atoms with Crippen molar-refractivity contribution in [1.82, 2.24) is 10.2 Å². The highest BCUT2D eigenvalue weighted by molar-refractivity contribution is 7.92. The number of carbonyl (C=O) groups is 2. The summed E-state index contributed by atoms with van der Waals surface area (Å²) in [5.74, 6) is -0.711. The minimum absolute atomic E-state index is 0.0944. The summed E-state index contributed by atoms with van der Waals surface area (Å²) < 4.78 is 28.6. The van der Waals surface area contributed by atoms with Crippen LogP contribution in [-0.2, 0) is 32.5 Å². The van der Waals surface area contributed by atoms with Gasteiger partial charge in [-0.25, -0.2) is 8.42 Å². The Morgan fingerprint density at radius 3 is 2.03 bits per heavy atom. The zero-order valence-electron chi connectivity index (χ0n) is 22.3. The van der Waals surface area contributed by atoms with Gasteiger partial charge in [0.2, 0.25) is 11.8 Å². The van der Waals surface area contributed by atoms with E-state index in [1.807, 2.05) is 56.3 Å². The summed E-state index contributed by atoms with van der Waals surface area (Å²) >= 11 is 0. The maximum atomic E-state index is 13.8. The molecule has 8 heteroatoms. The second kappa shape index (κ2) is 13.8. The van der Waals surface area contributed by atoms with Crippen LogP contribution in [0.25, 0.3) is 0 Å². The van der Waals surface area contributed by atoms with Gasteiger partial charge in [0.1, 0.15) is 12.6 Å². The van der Waals surface area contributed by atoms with E-state index in [2.05, 4.69) is 5.32 Å². The lowest BCUT2D eigenvalue weighted by Gasteiger charge is -2.32. The quantitative estimate of drug-likeness (QED) is 0.351. The fourth-order valence-electron chi connectivity index (χ4n) is 4.11. The molecule has 0 aliphatic carbocycles. The average Bonchev–Trinajstić information content (AvgIpc) is 2.95. The molecule has 38 heavy (non-hydrogen) atoms. The zero-order chi connectivity index (χ0) is 27.5. The van der Waals surface area contributed by atoms with Crippen LogP contribution in [0.5, 0.6) is 0 Å². The molecule has 0 spiro atoms. The summed E-state index contributed by atoms with van der Waals surface area (Å²) in [7, 11) is -4.04. The van der Waals surface area contributed by atoms with Crippen LogP contribution in [0.15, 0.2) is 89.8 Å². The van der Waals surface area contributed by atoms with E-state index < -0.39 is 28.5 Å². The molecule has 0 fully saturated rings. The van der Waals surface area contributed by atoms with Crippen molar-refractivity contribution in [3.63, 3.8) is 0 Å². The first-order valence-electron chi connectivity index (χ1n) is 13.1. The Hall–Kier alpha value is -3.65. The Kier molecular flexibility index (Phi) is 10.5. The molecule has 202 valence electrons. The number of hydrogen-bond donors (Lipinski definition) is 1. The standard InChI is InChI=1S/C30H37N3O4S/c1-4-21-31-30(35)24(3)32(22-20-26-12-8-6-9-13-26)29(34)23-33(27-18-16-25(5-2)17-19-27)38(36,37)28-14-10-7-11-15-28/h6-19,24H,4-5,20-23H2,1-3H3,(H,31,35)/t24-/m0/s1. The maximum Gasteiger partial charge on any atom is 0.264 e. The Labute approximate surface area is 226 Å². The first kappa shape index (κ1) is 28.9. The molecule has 0 unspecified atom stereocenters. The van der Waals surface area contributed by atoms with Crippen LogP contribution >= 0.6 is 0 Å². The number of carbonyl (C=O) groups excluding carboxylic acids is 2. The number of aryl methyl sites for hydroxylation is 1. The number of benzene rings is 3. The predicted octanol–water partition coefficient (Wildman–Crippen LogP) is 4.43. The van der Waals surface area contributed by atoms with Crippen LogP contribution in [0, 0.1) is 0 Å². The van der Waals surface area contributed by atoms with Gasteiger partial charge in [-0.2, -0.15) is 0 Å². The summed E-state index contributed by atoms with van der Waals surface area (Å²) in [5.41, 5.74) is 2.48. The van der Waals surface area contributed by atoms with Gasteiger partial charge in [-0.1, -0.05) is 74.5 Å². The van der Waals surface area contributed by atoms with Crippen LogP contribution in [0.2, 0.25) is 0 Å². The molecule has 1 atom stereocenters.